The van der Waals surface area contributed by atoms with Crippen molar-refractivity contribution in [3.8, 4) is 0 Å². The summed E-state index contributed by atoms with van der Waals surface area (Å²) in [5.74, 6) is 1.73. The third-order valence-corrected chi connectivity index (χ3v) is 7.07. The molecule has 0 saturated heterocycles. The molecule has 0 aliphatic heterocycles. The molecule has 3 unspecified atom stereocenters. The van der Waals surface area contributed by atoms with Gasteiger partial charge in [-0.25, -0.2) is 8.42 Å². The molecule has 18 heavy (non-hydrogen) atoms. The molecule has 0 aromatic heterocycles. The quantitative estimate of drug-likeness (QED) is 0.839. The van der Waals surface area contributed by atoms with Crippen LogP contribution in [-0.4, -0.2) is 31.5 Å². The summed E-state index contributed by atoms with van der Waals surface area (Å²) in [4.78, 5) is 0. The van der Waals surface area contributed by atoms with Gasteiger partial charge in [-0.05, 0) is 45.4 Å². The summed E-state index contributed by atoms with van der Waals surface area (Å²) in [5, 5.41) is 3.44. The Bertz CT molecular complexity index is 356. The van der Waals surface area contributed by atoms with Gasteiger partial charge in [-0.15, -0.1) is 0 Å². The zero-order valence-corrected chi connectivity index (χ0v) is 13.3. The van der Waals surface area contributed by atoms with Gasteiger partial charge in [0.2, 0.25) is 0 Å². The maximum atomic E-state index is 12.0. The fourth-order valence-corrected chi connectivity index (χ4v) is 3.80. The fourth-order valence-electron chi connectivity index (χ4n) is 2.80. The zero-order valence-electron chi connectivity index (χ0n) is 12.5. The summed E-state index contributed by atoms with van der Waals surface area (Å²) in [5.41, 5.74) is 0. The van der Waals surface area contributed by atoms with Crippen LogP contribution in [0, 0.1) is 11.8 Å². The molecule has 1 aliphatic rings. The van der Waals surface area contributed by atoms with Crippen LogP contribution in [0.25, 0.3) is 0 Å². The number of rotatable bonds is 5. The summed E-state index contributed by atoms with van der Waals surface area (Å²) in [6.07, 6.45) is 3.70. The highest BCUT2D eigenvalue weighted by atomic mass is 32.2. The van der Waals surface area contributed by atoms with Crippen molar-refractivity contribution in [3.05, 3.63) is 0 Å². The first-order chi connectivity index (χ1) is 8.19. The van der Waals surface area contributed by atoms with E-state index in [1.54, 1.807) is 20.8 Å². The van der Waals surface area contributed by atoms with E-state index in [0.717, 1.165) is 5.92 Å². The third kappa shape index (κ3) is 3.70. The fraction of sp³-hybridized carbons (Fsp3) is 1.00. The Hall–Kier alpha value is -0.0900. The Kier molecular flexibility index (Phi) is 5.24. The maximum absolute atomic E-state index is 12.0. The summed E-state index contributed by atoms with van der Waals surface area (Å²) >= 11 is 0. The predicted molar refractivity (Wildman–Crippen MR) is 77.5 cm³/mol. The van der Waals surface area contributed by atoms with Gasteiger partial charge in [0.25, 0.3) is 0 Å². The van der Waals surface area contributed by atoms with E-state index in [0.29, 0.717) is 18.5 Å². The van der Waals surface area contributed by atoms with Crippen LogP contribution in [-0.2, 0) is 9.84 Å². The molecule has 0 radical (unpaired) electrons. The van der Waals surface area contributed by atoms with Gasteiger partial charge in [0.05, 0.1) is 10.5 Å². The van der Waals surface area contributed by atoms with Crippen LogP contribution in [0.15, 0.2) is 0 Å². The highest BCUT2D eigenvalue weighted by Gasteiger charge is 2.32. The molecule has 0 amide bonds. The first kappa shape index (κ1) is 16.0. The molecule has 1 saturated carbocycles. The minimum atomic E-state index is -2.99. The Morgan fingerprint density at radius 3 is 2.28 bits per heavy atom. The van der Waals surface area contributed by atoms with E-state index in [1.165, 1.54) is 19.3 Å². The van der Waals surface area contributed by atoms with E-state index >= 15 is 0 Å². The average molecular weight is 275 g/mol. The SMILES string of the molecule is CCC1CCC(NCCS(=O)(=O)C(C)(C)C)C1C. The summed E-state index contributed by atoms with van der Waals surface area (Å²) in [6.45, 7) is 10.4. The molecular formula is C14H29NO2S. The van der Waals surface area contributed by atoms with E-state index in [-0.39, 0.29) is 5.75 Å². The molecule has 1 fully saturated rings. The third-order valence-electron chi connectivity index (χ3n) is 4.46. The molecule has 0 spiro atoms. The van der Waals surface area contributed by atoms with Crippen LogP contribution in [0.1, 0.15) is 53.9 Å². The van der Waals surface area contributed by atoms with Gasteiger partial charge in [0.15, 0.2) is 9.84 Å². The number of nitrogens with one attached hydrogen (secondary N) is 1. The van der Waals surface area contributed by atoms with Crippen molar-refractivity contribution in [2.24, 2.45) is 11.8 Å². The van der Waals surface area contributed by atoms with Crippen molar-refractivity contribution >= 4 is 9.84 Å². The van der Waals surface area contributed by atoms with E-state index in [4.69, 9.17) is 0 Å². The minimum Gasteiger partial charge on any atom is -0.313 e. The van der Waals surface area contributed by atoms with Crippen molar-refractivity contribution in [1.82, 2.24) is 5.32 Å². The summed E-state index contributed by atoms with van der Waals surface area (Å²) in [6, 6.07) is 0.505. The second-order valence-corrected chi connectivity index (χ2v) is 9.46. The second-order valence-electron chi connectivity index (χ2n) is 6.60. The Morgan fingerprint density at radius 1 is 1.22 bits per heavy atom. The monoisotopic (exact) mass is 275 g/mol. The Labute approximate surface area is 113 Å². The van der Waals surface area contributed by atoms with Crippen LogP contribution in [0.3, 0.4) is 0 Å². The molecule has 3 atom stereocenters. The van der Waals surface area contributed by atoms with Gasteiger partial charge in [0.1, 0.15) is 0 Å². The Balaban J connectivity index is 2.40. The van der Waals surface area contributed by atoms with Crippen LogP contribution >= 0.6 is 0 Å². The highest BCUT2D eigenvalue weighted by Crippen LogP contribution is 2.33. The molecule has 108 valence electrons. The first-order valence-electron chi connectivity index (χ1n) is 7.14. The van der Waals surface area contributed by atoms with Gasteiger partial charge in [0, 0.05) is 12.6 Å². The molecule has 1 N–H and O–H groups in total. The van der Waals surface area contributed by atoms with E-state index < -0.39 is 14.6 Å². The Morgan fingerprint density at radius 2 is 1.83 bits per heavy atom. The molecule has 4 heteroatoms. The molecule has 1 aliphatic carbocycles. The zero-order chi connectivity index (χ0) is 14.0. The van der Waals surface area contributed by atoms with Gasteiger partial charge in [-0.2, -0.15) is 0 Å². The molecule has 3 nitrogen and oxygen atoms in total. The standard InChI is InChI=1S/C14H29NO2S/c1-6-12-7-8-13(11(12)2)15-9-10-18(16,17)14(3,4)5/h11-13,15H,6-10H2,1-5H3. The van der Waals surface area contributed by atoms with Crippen LogP contribution in [0.2, 0.25) is 0 Å². The lowest BCUT2D eigenvalue weighted by Crippen LogP contribution is -2.39. The largest absolute Gasteiger partial charge is 0.313 e. The van der Waals surface area contributed by atoms with Crippen LogP contribution in [0.4, 0.5) is 0 Å². The van der Waals surface area contributed by atoms with Crippen molar-refractivity contribution < 1.29 is 8.42 Å². The molecule has 0 heterocycles. The second kappa shape index (κ2) is 5.91. The van der Waals surface area contributed by atoms with Gasteiger partial charge in [-0.3, -0.25) is 0 Å². The first-order valence-corrected chi connectivity index (χ1v) is 8.80. The molecule has 0 aromatic carbocycles. The van der Waals surface area contributed by atoms with Gasteiger partial charge < -0.3 is 5.32 Å². The molecule has 1 rings (SSSR count). The van der Waals surface area contributed by atoms with Crippen LogP contribution < -0.4 is 5.32 Å². The normalized spacial score (nSPS) is 29.7. The lowest BCUT2D eigenvalue weighted by Gasteiger charge is -2.23. The van der Waals surface area contributed by atoms with Crippen molar-refractivity contribution in [2.45, 2.75) is 64.7 Å². The lowest BCUT2D eigenvalue weighted by atomic mass is 9.93. The summed E-state index contributed by atoms with van der Waals surface area (Å²) < 4.78 is 23.3. The van der Waals surface area contributed by atoms with E-state index in [9.17, 15) is 8.42 Å². The van der Waals surface area contributed by atoms with Gasteiger partial charge in [-0.1, -0.05) is 20.3 Å². The number of hydrogen-bond acceptors (Lipinski definition) is 3. The molecule has 0 aromatic rings. The summed E-state index contributed by atoms with van der Waals surface area (Å²) in [7, 11) is -2.99. The van der Waals surface area contributed by atoms with Crippen molar-refractivity contribution in [1.29, 1.82) is 0 Å². The average Bonchev–Trinajstić information content (AvgIpc) is 2.58. The number of hydrogen-bond donors (Lipinski definition) is 1. The van der Waals surface area contributed by atoms with Crippen molar-refractivity contribution in [3.63, 3.8) is 0 Å². The number of sulfone groups is 1. The van der Waals surface area contributed by atoms with E-state index in [1.807, 2.05) is 0 Å². The highest BCUT2D eigenvalue weighted by molar-refractivity contribution is 7.92. The van der Waals surface area contributed by atoms with Gasteiger partial charge >= 0.3 is 0 Å². The minimum absolute atomic E-state index is 0.247. The van der Waals surface area contributed by atoms with Crippen molar-refractivity contribution in [2.75, 3.05) is 12.3 Å². The predicted octanol–water partition coefficient (Wildman–Crippen LogP) is 2.61. The smallest absolute Gasteiger partial charge is 0.156 e. The maximum Gasteiger partial charge on any atom is 0.156 e. The topological polar surface area (TPSA) is 46.2 Å². The van der Waals surface area contributed by atoms with Crippen LogP contribution in [0.5, 0.6) is 0 Å². The van der Waals surface area contributed by atoms with E-state index in [2.05, 4.69) is 19.2 Å². The lowest BCUT2D eigenvalue weighted by molar-refractivity contribution is 0.349. The molecular weight excluding hydrogens is 246 g/mol. The molecule has 0 bridgehead atoms.